The lowest BCUT2D eigenvalue weighted by atomic mass is 10.2. The molecule has 0 amide bonds. The average Bonchev–Trinajstić information content (AvgIpc) is 2.67. The predicted octanol–water partition coefficient (Wildman–Crippen LogP) is 2.27. The van der Waals surface area contributed by atoms with Crippen LogP contribution in [-0.2, 0) is 9.47 Å². The standard InChI is InChI=1S/C12H12F2O3/c13-12(14)6-10(17-8-12)7-16-11(15)9-4-2-1-3-5-9/h1-5,10H,6-8H2/t10-/m0/s1. The minimum absolute atomic E-state index is 0.136. The van der Waals surface area contributed by atoms with Crippen LogP contribution in [-0.4, -0.2) is 31.2 Å². The van der Waals surface area contributed by atoms with Crippen molar-refractivity contribution in [2.24, 2.45) is 0 Å². The first-order valence-corrected chi connectivity index (χ1v) is 5.28. The quantitative estimate of drug-likeness (QED) is 0.763. The number of ether oxygens (including phenoxy) is 2. The number of halogens is 2. The first-order chi connectivity index (χ1) is 8.07. The normalized spacial score (nSPS) is 22.4. The van der Waals surface area contributed by atoms with E-state index in [9.17, 15) is 13.6 Å². The van der Waals surface area contributed by atoms with Crippen molar-refractivity contribution in [1.29, 1.82) is 0 Å². The molecule has 0 aromatic heterocycles. The summed E-state index contributed by atoms with van der Waals surface area (Å²) >= 11 is 0. The van der Waals surface area contributed by atoms with Crippen LogP contribution in [0.15, 0.2) is 30.3 Å². The zero-order valence-corrected chi connectivity index (χ0v) is 9.07. The molecule has 1 fully saturated rings. The molecule has 17 heavy (non-hydrogen) atoms. The number of alkyl halides is 2. The molecule has 1 aromatic carbocycles. The van der Waals surface area contributed by atoms with Gasteiger partial charge in [0, 0.05) is 6.42 Å². The third-order valence-corrected chi connectivity index (χ3v) is 2.47. The highest BCUT2D eigenvalue weighted by Crippen LogP contribution is 2.29. The molecule has 5 heteroatoms. The van der Waals surface area contributed by atoms with Gasteiger partial charge in [-0.15, -0.1) is 0 Å². The Balaban J connectivity index is 1.82. The van der Waals surface area contributed by atoms with Gasteiger partial charge in [-0.3, -0.25) is 0 Å². The minimum Gasteiger partial charge on any atom is -0.459 e. The van der Waals surface area contributed by atoms with Gasteiger partial charge in [0.2, 0.25) is 0 Å². The molecule has 1 aliphatic heterocycles. The van der Waals surface area contributed by atoms with Crippen molar-refractivity contribution in [3.63, 3.8) is 0 Å². The molecule has 0 N–H and O–H groups in total. The average molecular weight is 242 g/mol. The van der Waals surface area contributed by atoms with Gasteiger partial charge in [-0.1, -0.05) is 18.2 Å². The second-order valence-corrected chi connectivity index (χ2v) is 3.96. The Morgan fingerprint density at radius 2 is 2.12 bits per heavy atom. The molecular formula is C12H12F2O3. The lowest BCUT2D eigenvalue weighted by Crippen LogP contribution is -2.20. The molecule has 1 aliphatic rings. The van der Waals surface area contributed by atoms with E-state index in [0.717, 1.165) is 0 Å². The highest BCUT2D eigenvalue weighted by Gasteiger charge is 2.41. The van der Waals surface area contributed by atoms with E-state index >= 15 is 0 Å². The van der Waals surface area contributed by atoms with Crippen LogP contribution >= 0.6 is 0 Å². The maximum Gasteiger partial charge on any atom is 0.338 e. The summed E-state index contributed by atoms with van der Waals surface area (Å²) in [6, 6.07) is 8.39. The van der Waals surface area contributed by atoms with Gasteiger partial charge >= 0.3 is 5.97 Å². The van der Waals surface area contributed by atoms with Crippen molar-refractivity contribution in [1.82, 2.24) is 0 Å². The van der Waals surface area contributed by atoms with Crippen LogP contribution in [0.3, 0.4) is 0 Å². The fourth-order valence-corrected chi connectivity index (χ4v) is 1.62. The molecule has 1 atom stereocenters. The van der Waals surface area contributed by atoms with E-state index in [2.05, 4.69) is 0 Å². The molecule has 0 saturated carbocycles. The summed E-state index contributed by atoms with van der Waals surface area (Å²) in [6.07, 6.45) is -1.10. The van der Waals surface area contributed by atoms with Crippen molar-refractivity contribution in [3.05, 3.63) is 35.9 Å². The Morgan fingerprint density at radius 1 is 1.41 bits per heavy atom. The first-order valence-electron chi connectivity index (χ1n) is 5.28. The van der Waals surface area contributed by atoms with E-state index < -0.39 is 31.0 Å². The number of benzene rings is 1. The van der Waals surface area contributed by atoms with Crippen LogP contribution in [0, 0.1) is 0 Å². The topological polar surface area (TPSA) is 35.5 Å². The molecule has 0 aliphatic carbocycles. The summed E-state index contributed by atoms with van der Waals surface area (Å²) in [7, 11) is 0. The second kappa shape index (κ2) is 4.79. The van der Waals surface area contributed by atoms with Crippen molar-refractivity contribution in [2.75, 3.05) is 13.2 Å². The van der Waals surface area contributed by atoms with Gasteiger partial charge in [0.1, 0.15) is 13.2 Å². The fraction of sp³-hybridized carbons (Fsp3) is 0.417. The zero-order valence-electron chi connectivity index (χ0n) is 9.07. The number of esters is 1. The number of carbonyl (C=O) groups is 1. The van der Waals surface area contributed by atoms with Crippen LogP contribution in [0.2, 0.25) is 0 Å². The van der Waals surface area contributed by atoms with E-state index in [4.69, 9.17) is 9.47 Å². The van der Waals surface area contributed by atoms with E-state index in [-0.39, 0.29) is 6.61 Å². The minimum atomic E-state index is -2.80. The Morgan fingerprint density at radius 3 is 2.71 bits per heavy atom. The lowest BCUT2D eigenvalue weighted by Gasteiger charge is -2.09. The van der Waals surface area contributed by atoms with Gasteiger partial charge in [0.05, 0.1) is 11.7 Å². The lowest BCUT2D eigenvalue weighted by molar-refractivity contribution is -0.0142. The number of hydrogen-bond acceptors (Lipinski definition) is 3. The summed E-state index contributed by atoms with van der Waals surface area (Å²) in [6.45, 7) is -0.732. The Hall–Kier alpha value is -1.49. The van der Waals surface area contributed by atoms with Gasteiger partial charge in [-0.2, -0.15) is 0 Å². The Kier molecular flexibility index (Phi) is 3.38. The van der Waals surface area contributed by atoms with E-state index in [1.165, 1.54) is 0 Å². The molecule has 0 bridgehead atoms. The molecule has 1 heterocycles. The van der Waals surface area contributed by atoms with E-state index in [1.807, 2.05) is 0 Å². The third kappa shape index (κ3) is 3.23. The first kappa shape index (κ1) is 12.0. The summed E-state index contributed by atoms with van der Waals surface area (Å²) in [5.41, 5.74) is 0.400. The third-order valence-electron chi connectivity index (χ3n) is 2.47. The van der Waals surface area contributed by atoms with E-state index in [0.29, 0.717) is 5.56 Å². The Bertz CT molecular complexity index is 392. The molecule has 1 aromatic rings. The molecular weight excluding hydrogens is 230 g/mol. The van der Waals surface area contributed by atoms with Gasteiger partial charge in [-0.25, -0.2) is 13.6 Å². The SMILES string of the molecule is O=C(OC[C@@H]1CC(F)(F)CO1)c1ccccc1. The fourth-order valence-electron chi connectivity index (χ4n) is 1.62. The van der Waals surface area contributed by atoms with Crippen molar-refractivity contribution in [3.8, 4) is 0 Å². The van der Waals surface area contributed by atoms with E-state index in [1.54, 1.807) is 30.3 Å². The highest BCUT2D eigenvalue weighted by atomic mass is 19.3. The molecule has 2 rings (SSSR count). The van der Waals surface area contributed by atoms with Crippen molar-refractivity contribution >= 4 is 5.97 Å². The maximum absolute atomic E-state index is 12.8. The number of hydrogen-bond donors (Lipinski definition) is 0. The summed E-state index contributed by atoms with van der Waals surface area (Å²) < 4.78 is 35.3. The Labute approximate surface area is 97.3 Å². The summed E-state index contributed by atoms with van der Waals surface area (Å²) in [5, 5.41) is 0. The second-order valence-electron chi connectivity index (χ2n) is 3.96. The van der Waals surface area contributed by atoms with Gasteiger partial charge in [0.25, 0.3) is 5.92 Å². The van der Waals surface area contributed by atoms with Crippen LogP contribution in [0.25, 0.3) is 0 Å². The van der Waals surface area contributed by atoms with Crippen LogP contribution < -0.4 is 0 Å². The van der Waals surface area contributed by atoms with Crippen LogP contribution in [0.4, 0.5) is 8.78 Å². The van der Waals surface area contributed by atoms with Crippen LogP contribution in [0.5, 0.6) is 0 Å². The largest absolute Gasteiger partial charge is 0.459 e. The summed E-state index contributed by atoms with van der Waals surface area (Å²) in [4.78, 5) is 11.5. The van der Waals surface area contributed by atoms with Crippen molar-refractivity contribution < 1.29 is 23.0 Å². The summed E-state index contributed by atoms with van der Waals surface area (Å²) in [5.74, 6) is -3.33. The molecule has 0 radical (unpaired) electrons. The highest BCUT2D eigenvalue weighted by molar-refractivity contribution is 5.89. The molecule has 0 unspecified atom stereocenters. The van der Waals surface area contributed by atoms with Gasteiger partial charge in [0.15, 0.2) is 0 Å². The molecule has 92 valence electrons. The van der Waals surface area contributed by atoms with Gasteiger partial charge in [-0.05, 0) is 12.1 Å². The monoisotopic (exact) mass is 242 g/mol. The van der Waals surface area contributed by atoms with Gasteiger partial charge < -0.3 is 9.47 Å². The smallest absolute Gasteiger partial charge is 0.338 e. The predicted molar refractivity (Wildman–Crippen MR) is 56.0 cm³/mol. The molecule has 1 saturated heterocycles. The number of carbonyl (C=O) groups excluding carboxylic acids is 1. The number of rotatable bonds is 3. The van der Waals surface area contributed by atoms with Crippen molar-refractivity contribution in [2.45, 2.75) is 18.4 Å². The molecule has 0 spiro atoms. The van der Waals surface area contributed by atoms with Crippen LogP contribution in [0.1, 0.15) is 16.8 Å². The zero-order chi connectivity index (χ0) is 12.3. The maximum atomic E-state index is 12.8. The molecule has 3 nitrogen and oxygen atoms in total.